The van der Waals surface area contributed by atoms with Crippen molar-refractivity contribution in [2.45, 2.75) is 18.6 Å². The molecule has 0 rings (SSSR count). The summed E-state index contributed by atoms with van der Waals surface area (Å²) in [5.74, 6) is 0. The van der Waals surface area contributed by atoms with Gasteiger partial charge in [0.05, 0.1) is 6.42 Å². The summed E-state index contributed by atoms with van der Waals surface area (Å²) in [6.07, 6.45) is -4.09. The van der Waals surface area contributed by atoms with Crippen LogP contribution in [-0.2, 0) is 0 Å². The van der Waals surface area contributed by atoms with E-state index in [1.54, 1.807) is 0 Å². The maximum atomic E-state index is 11.4. The third kappa shape index (κ3) is 7.78. The Balaban J connectivity index is 0. The fourth-order valence-corrected chi connectivity index (χ4v) is 0.351. The number of nitrogens with two attached hydrogens (primary N) is 1. The molecular formula is C5H9ClF3N. The summed E-state index contributed by atoms with van der Waals surface area (Å²) >= 11 is 0. The summed E-state index contributed by atoms with van der Waals surface area (Å²) in [5.41, 5.74) is 4.92. The van der Waals surface area contributed by atoms with Crippen LogP contribution in [0.4, 0.5) is 13.2 Å². The van der Waals surface area contributed by atoms with Crippen molar-refractivity contribution < 1.29 is 13.2 Å². The molecule has 0 fully saturated rings. The van der Waals surface area contributed by atoms with Crippen LogP contribution in [0.5, 0.6) is 0 Å². The van der Waals surface area contributed by atoms with Gasteiger partial charge < -0.3 is 5.73 Å². The average Bonchev–Trinajstić information content (AvgIpc) is 1.62. The van der Waals surface area contributed by atoms with Gasteiger partial charge in [-0.05, 0) is 0 Å². The molecule has 5 heteroatoms. The largest absolute Gasteiger partial charge is 0.390 e. The lowest BCUT2D eigenvalue weighted by Crippen LogP contribution is -2.24. The summed E-state index contributed by atoms with van der Waals surface area (Å²) in [6, 6.07) is -0.968. The molecule has 0 aliphatic rings. The highest BCUT2D eigenvalue weighted by molar-refractivity contribution is 5.85. The minimum absolute atomic E-state index is 0. The normalized spacial score (nSPS) is 13.6. The molecule has 2 N–H and O–H groups in total. The van der Waals surface area contributed by atoms with E-state index in [1.807, 2.05) is 0 Å². The first-order valence-electron chi connectivity index (χ1n) is 2.40. The van der Waals surface area contributed by atoms with Gasteiger partial charge in [0.2, 0.25) is 0 Å². The first kappa shape index (κ1) is 12.5. The van der Waals surface area contributed by atoms with Gasteiger partial charge in [0, 0.05) is 6.04 Å². The van der Waals surface area contributed by atoms with Crippen LogP contribution in [0, 0.1) is 0 Å². The van der Waals surface area contributed by atoms with E-state index in [2.05, 4.69) is 6.58 Å². The second-order valence-corrected chi connectivity index (χ2v) is 1.72. The summed E-state index contributed by atoms with van der Waals surface area (Å²) in [5, 5.41) is 0. The van der Waals surface area contributed by atoms with Crippen LogP contribution in [0.2, 0.25) is 0 Å². The van der Waals surface area contributed by atoms with Crippen molar-refractivity contribution in [3.8, 4) is 0 Å². The van der Waals surface area contributed by atoms with E-state index in [0.717, 1.165) is 6.08 Å². The average molecular weight is 176 g/mol. The van der Waals surface area contributed by atoms with Crippen molar-refractivity contribution in [2.75, 3.05) is 0 Å². The smallest absolute Gasteiger partial charge is 0.324 e. The topological polar surface area (TPSA) is 26.0 Å². The molecule has 10 heavy (non-hydrogen) atoms. The Bertz CT molecular complexity index is 102. The predicted molar refractivity (Wildman–Crippen MR) is 36.1 cm³/mol. The second kappa shape index (κ2) is 4.57. The van der Waals surface area contributed by atoms with Gasteiger partial charge in [-0.25, -0.2) is 0 Å². The lowest BCUT2D eigenvalue weighted by molar-refractivity contribution is -0.135. The zero-order valence-corrected chi connectivity index (χ0v) is 6.00. The van der Waals surface area contributed by atoms with E-state index in [1.165, 1.54) is 0 Å². The molecule has 0 aliphatic heterocycles. The quantitative estimate of drug-likeness (QED) is 0.638. The fraction of sp³-hybridized carbons (Fsp3) is 0.600. The lowest BCUT2D eigenvalue weighted by Gasteiger charge is -2.08. The third-order valence-corrected chi connectivity index (χ3v) is 0.770. The van der Waals surface area contributed by atoms with Crippen LogP contribution in [0.25, 0.3) is 0 Å². The summed E-state index contributed by atoms with van der Waals surface area (Å²) in [7, 11) is 0. The number of rotatable bonds is 2. The monoisotopic (exact) mass is 175 g/mol. The highest BCUT2D eigenvalue weighted by atomic mass is 35.5. The Morgan fingerprint density at radius 2 is 1.90 bits per heavy atom. The van der Waals surface area contributed by atoms with Gasteiger partial charge >= 0.3 is 6.18 Å². The summed E-state index contributed by atoms with van der Waals surface area (Å²) < 4.78 is 34.1. The SMILES string of the molecule is C=CC(N)CC(F)(F)F.Cl. The Hall–Kier alpha value is -0.220. The van der Waals surface area contributed by atoms with Crippen LogP contribution < -0.4 is 5.73 Å². The zero-order chi connectivity index (χ0) is 7.49. The van der Waals surface area contributed by atoms with Gasteiger partial charge in [-0.2, -0.15) is 13.2 Å². The molecule has 0 aliphatic carbocycles. The summed E-state index contributed by atoms with van der Waals surface area (Å²) in [6.45, 7) is 3.12. The van der Waals surface area contributed by atoms with E-state index in [-0.39, 0.29) is 12.4 Å². The number of halogens is 4. The summed E-state index contributed by atoms with van der Waals surface area (Å²) in [4.78, 5) is 0. The van der Waals surface area contributed by atoms with Gasteiger partial charge in [0.15, 0.2) is 0 Å². The van der Waals surface area contributed by atoms with Crippen LogP contribution in [0.1, 0.15) is 6.42 Å². The molecule has 0 saturated carbocycles. The van der Waals surface area contributed by atoms with Crippen molar-refractivity contribution in [1.82, 2.24) is 0 Å². The van der Waals surface area contributed by atoms with Crippen molar-refractivity contribution in [3.05, 3.63) is 12.7 Å². The second-order valence-electron chi connectivity index (χ2n) is 1.72. The Morgan fingerprint density at radius 3 is 2.00 bits per heavy atom. The molecule has 0 spiro atoms. The van der Waals surface area contributed by atoms with E-state index >= 15 is 0 Å². The number of hydrogen-bond acceptors (Lipinski definition) is 1. The van der Waals surface area contributed by atoms with E-state index in [9.17, 15) is 13.2 Å². The molecule has 1 nitrogen and oxygen atoms in total. The van der Waals surface area contributed by atoms with Crippen molar-refractivity contribution in [2.24, 2.45) is 5.73 Å². The molecule has 0 heterocycles. The molecule has 0 aromatic heterocycles. The minimum atomic E-state index is -4.17. The zero-order valence-electron chi connectivity index (χ0n) is 5.19. The van der Waals surface area contributed by atoms with Crippen LogP contribution in [0.3, 0.4) is 0 Å². The molecule has 0 amide bonds. The third-order valence-electron chi connectivity index (χ3n) is 0.770. The molecule has 1 atom stereocenters. The van der Waals surface area contributed by atoms with E-state index in [4.69, 9.17) is 5.73 Å². The van der Waals surface area contributed by atoms with Gasteiger partial charge in [-0.3, -0.25) is 0 Å². The van der Waals surface area contributed by atoms with Gasteiger partial charge in [-0.15, -0.1) is 19.0 Å². The molecular weight excluding hydrogens is 167 g/mol. The van der Waals surface area contributed by atoms with Gasteiger partial charge in [0.1, 0.15) is 0 Å². The maximum absolute atomic E-state index is 11.4. The van der Waals surface area contributed by atoms with Gasteiger partial charge in [-0.1, -0.05) is 6.08 Å². The van der Waals surface area contributed by atoms with E-state index in [0.29, 0.717) is 0 Å². The van der Waals surface area contributed by atoms with Crippen LogP contribution in [-0.4, -0.2) is 12.2 Å². The van der Waals surface area contributed by atoms with Crippen molar-refractivity contribution in [3.63, 3.8) is 0 Å². The number of alkyl halides is 3. The number of hydrogen-bond donors (Lipinski definition) is 1. The molecule has 0 bridgehead atoms. The highest BCUT2D eigenvalue weighted by Crippen LogP contribution is 2.20. The molecule has 0 aromatic carbocycles. The van der Waals surface area contributed by atoms with Crippen molar-refractivity contribution in [1.29, 1.82) is 0 Å². The first-order chi connectivity index (χ1) is 3.95. The predicted octanol–water partition coefficient (Wildman–Crippen LogP) is 1.87. The molecule has 62 valence electrons. The molecule has 0 saturated heterocycles. The molecule has 0 aromatic rings. The Labute approximate surface area is 63.5 Å². The lowest BCUT2D eigenvalue weighted by atomic mass is 10.2. The first-order valence-corrected chi connectivity index (χ1v) is 2.40. The van der Waals surface area contributed by atoms with E-state index < -0.39 is 18.6 Å². The van der Waals surface area contributed by atoms with Gasteiger partial charge in [0.25, 0.3) is 0 Å². The molecule has 1 unspecified atom stereocenters. The Morgan fingerprint density at radius 1 is 1.50 bits per heavy atom. The highest BCUT2D eigenvalue weighted by Gasteiger charge is 2.28. The Kier molecular flexibility index (Phi) is 5.70. The standard InChI is InChI=1S/C5H8F3N.ClH/c1-2-4(9)3-5(6,7)8;/h2,4H,1,3,9H2;1H. The van der Waals surface area contributed by atoms with Crippen molar-refractivity contribution >= 4 is 12.4 Å². The van der Waals surface area contributed by atoms with Crippen LogP contribution in [0.15, 0.2) is 12.7 Å². The molecule has 0 radical (unpaired) electrons. The minimum Gasteiger partial charge on any atom is -0.324 e. The fourth-order valence-electron chi connectivity index (χ4n) is 0.351. The van der Waals surface area contributed by atoms with Crippen LogP contribution >= 0.6 is 12.4 Å². The maximum Gasteiger partial charge on any atom is 0.390 e.